The number of nitrogens with zero attached hydrogens (tertiary/aromatic N) is 2. The lowest BCUT2D eigenvalue weighted by Gasteiger charge is -1.97. The average Bonchev–Trinajstić information content (AvgIpc) is 2.31. The van der Waals surface area contributed by atoms with Gasteiger partial charge in [-0.3, -0.25) is 0 Å². The Bertz CT molecular complexity index is 459. The number of aromatic nitrogens is 2. The van der Waals surface area contributed by atoms with Crippen LogP contribution in [0.15, 0.2) is 47.9 Å². The SMILES string of the molecule is O=Nc1cccc(Oc2nccc[nH+]2)c1. The van der Waals surface area contributed by atoms with Crippen LogP contribution in [0.2, 0.25) is 0 Å². The van der Waals surface area contributed by atoms with Gasteiger partial charge in [-0.2, -0.15) is 0 Å². The lowest BCUT2D eigenvalue weighted by molar-refractivity contribution is -0.396. The van der Waals surface area contributed by atoms with Crippen LogP contribution in [0, 0.1) is 4.91 Å². The van der Waals surface area contributed by atoms with Crippen molar-refractivity contribution in [3.05, 3.63) is 47.6 Å². The van der Waals surface area contributed by atoms with Gasteiger partial charge in [0.15, 0.2) is 0 Å². The molecular formula is C10H8N3O2+. The van der Waals surface area contributed by atoms with Gasteiger partial charge in [-0.05, 0) is 22.3 Å². The van der Waals surface area contributed by atoms with Crippen molar-refractivity contribution in [1.82, 2.24) is 4.98 Å². The molecule has 0 radical (unpaired) electrons. The van der Waals surface area contributed by atoms with E-state index in [0.29, 0.717) is 17.4 Å². The van der Waals surface area contributed by atoms with Crippen molar-refractivity contribution in [2.45, 2.75) is 0 Å². The molecule has 5 nitrogen and oxygen atoms in total. The highest BCUT2D eigenvalue weighted by Gasteiger charge is 2.05. The van der Waals surface area contributed by atoms with Crippen molar-refractivity contribution in [3.63, 3.8) is 0 Å². The van der Waals surface area contributed by atoms with Crippen molar-refractivity contribution >= 4 is 5.69 Å². The molecule has 1 aromatic heterocycles. The number of hydrogen-bond acceptors (Lipinski definition) is 4. The maximum absolute atomic E-state index is 10.3. The minimum Gasteiger partial charge on any atom is -0.389 e. The van der Waals surface area contributed by atoms with E-state index in [1.54, 1.807) is 36.7 Å². The predicted octanol–water partition coefficient (Wildman–Crippen LogP) is 2.09. The Morgan fingerprint density at radius 1 is 1.33 bits per heavy atom. The van der Waals surface area contributed by atoms with Crippen molar-refractivity contribution in [2.24, 2.45) is 5.18 Å². The molecule has 2 rings (SSSR count). The van der Waals surface area contributed by atoms with Gasteiger partial charge in [-0.15, -0.1) is 4.91 Å². The smallest absolute Gasteiger partial charge is 0.389 e. The molecule has 0 amide bonds. The van der Waals surface area contributed by atoms with E-state index in [1.165, 1.54) is 6.07 Å². The molecule has 2 aromatic rings. The maximum Gasteiger partial charge on any atom is 0.501 e. The summed E-state index contributed by atoms with van der Waals surface area (Å²) in [5.41, 5.74) is 0.323. The van der Waals surface area contributed by atoms with Gasteiger partial charge < -0.3 is 4.74 Å². The van der Waals surface area contributed by atoms with Crippen molar-refractivity contribution in [3.8, 4) is 11.8 Å². The molecule has 0 aliphatic heterocycles. The monoisotopic (exact) mass is 202 g/mol. The van der Waals surface area contributed by atoms with Gasteiger partial charge in [0.25, 0.3) is 0 Å². The van der Waals surface area contributed by atoms with E-state index in [4.69, 9.17) is 4.74 Å². The summed E-state index contributed by atoms with van der Waals surface area (Å²) in [7, 11) is 0. The summed E-state index contributed by atoms with van der Waals surface area (Å²) in [4.78, 5) is 17.0. The molecule has 0 bridgehead atoms. The van der Waals surface area contributed by atoms with Crippen LogP contribution in [0.1, 0.15) is 0 Å². The zero-order chi connectivity index (χ0) is 10.5. The van der Waals surface area contributed by atoms with Gasteiger partial charge in [0.1, 0.15) is 17.6 Å². The van der Waals surface area contributed by atoms with Crippen LogP contribution in [0.5, 0.6) is 11.8 Å². The number of benzene rings is 1. The standard InChI is InChI=1S/C10H7N3O2/c14-13-8-3-1-4-9(7-8)15-10-11-5-2-6-12-10/h1-7H/p+1. The topological polar surface area (TPSA) is 65.7 Å². The number of ether oxygens (including phenoxy) is 1. The molecule has 15 heavy (non-hydrogen) atoms. The zero-order valence-corrected chi connectivity index (χ0v) is 7.75. The average molecular weight is 202 g/mol. The lowest BCUT2D eigenvalue weighted by Crippen LogP contribution is -2.06. The summed E-state index contributed by atoms with van der Waals surface area (Å²) >= 11 is 0. The molecule has 0 spiro atoms. The van der Waals surface area contributed by atoms with Crippen LogP contribution in [0.3, 0.4) is 0 Å². The van der Waals surface area contributed by atoms with Gasteiger partial charge in [0, 0.05) is 12.1 Å². The Morgan fingerprint density at radius 3 is 3.00 bits per heavy atom. The van der Waals surface area contributed by atoms with E-state index >= 15 is 0 Å². The quantitative estimate of drug-likeness (QED) is 0.715. The van der Waals surface area contributed by atoms with Crippen molar-refractivity contribution < 1.29 is 9.72 Å². The van der Waals surface area contributed by atoms with Crippen LogP contribution < -0.4 is 9.72 Å². The summed E-state index contributed by atoms with van der Waals surface area (Å²) in [5.74, 6) is 0.516. The van der Waals surface area contributed by atoms with E-state index < -0.39 is 0 Å². The normalized spacial score (nSPS) is 9.60. The molecule has 0 unspecified atom stereocenters. The van der Waals surface area contributed by atoms with Crippen LogP contribution in [0.25, 0.3) is 0 Å². The Morgan fingerprint density at radius 2 is 2.27 bits per heavy atom. The highest BCUT2D eigenvalue weighted by molar-refractivity contribution is 5.43. The second-order valence-corrected chi connectivity index (χ2v) is 2.78. The minimum absolute atomic E-state index is 0.323. The number of nitrogens with one attached hydrogen (secondary N) is 1. The molecule has 0 aliphatic rings. The fourth-order valence-electron chi connectivity index (χ4n) is 1.08. The first-order chi connectivity index (χ1) is 7.38. The van der Waals surface area contributed by atoms with Crippen LogP contribution in [-0.2, 0) is 0 Å². The van der Waals surface area contributed by atoms with E-state index in [9.17, 15) is 4.91 Å². The Balaban J connectivity index is 2.21. The molecule has 0 fully saturated rings. The fourth-order valence-corrected chi connectivity index (χ4v) is 1.08. The first-order valence-corrected chi connectivity index (χ1v) is 4.32. The fraction of sp³-hybridized carbons (Fsp3) is 0. The highest BCUT2D eigenvalue weighted by atomic mass is 16.5. The molecule has 1 heterocycles. The molecule has 0 aliphatic carbocycles. The van der Waals surface area contributed by atoms with Crippen LogP contribution in [-0.4, -0.2) is 4.98 Å². The van der Waals surface area contributed by atoms with Gasteiger partial charge >= 0.3 is 6.01 Å². The molecular weight excluding hydrogens is 194 g/mol. The van der Waals surface area contributed by atoms with Gasteiger partial charge in [-0.1, -0.05) is 6.07 Å². The van der Waals surface area contributed by atoms with Crippen molar-refractivity contribution in [2.75, 3.05) is 0 Å². The Kier molecular flexibility index (Phi) is 2.64. The highest BCUT2D eigenvalue weighted by Crippen LogP contribution is 2.21. The number of H-pyrrole nitrogens is 1. The summed E-state index contributed by atoms with van der Waals surface area (Å²) < 4.78 is 5.36. The van der Waals surface area contributed by atoms with Gasteiger partial charge in [-0.25, -0.2) is 4.98 Å². The Labute approximate surface area is 85.7 Å². The summed E-state index contributed by atoms with van der Waals surface area (Å²) in [6.45, 7) is 0. The Hall–Kier alpha value is -2.30. The third kappa shape index (κ3) is 2.34. The van der Waals surface area contributed by atoms with Crippen LogP contribution in [0.4, 0.5) is 5.69 Å². The van der Waals surface area contributed by atoms with Crippen LogP contribution >= 0.6 is 0 Å². The molecule has 0 saturated carbocycles. The van der Waals surface area contributed by atoms with E-state index in [2.05, 4.69) is 15.1 Å². The largest absolute Gasteiger partial charge is 0.501 e. The number of nitroso groups, excluding NO2 is 1. The predicted molar refractivity (Wildman–Crippen MR) is 52.8 cm³/mol. The third-order valence-electron chi connectivity index (χ3n) is 1.72. The first-order valence-electron chi connectivity index (χ1n) is 4.32. The second kappa shape index (κ2) is 4.28. The molecule has 0 saturated heterocycles. The van der Waals surface area contributed by atoms with E-state index in [1.807, 2.05) is 0 Å². The molecule has 1 aromatic carbocycles. The number of hydrogen-bond donors (Lipinski definition) is 0. The number of rotatable bonds is 3. The molecule has 0 atom stereocenters. The minimum atomic E-state index is 0.323. The van der Waals surface area contributed by atoms with Gasteiger partial charge in [0.05, 0.1) is 6.20 Å². The van der Waals surface area contributed by atoms with Crippen molar-refractivity contribution in [1.29, 1.82) is 0 Å². The lowest BCUT2D eigenvalue weighted by atomic mass is 10.3. The molecule has 5 heteroatoms. The third-order valence-corrected chi connectivity index (χ3v) is 1.72. The van der Waals surface area contributed by atoms with E-state index in [0.717, 1.165) is 0 Å². The number of aromatic amines is 1. The molecule has 1 N–H and O–H groups in total. The molecule has 74 valence electrons. The first kappa shape index (κ1) is 9.26. The van der Waals surface area contributed by atoms with E-state index in [-0.39, 0.29) is 0 Å². The summed E-state index contributed by atoms with van der Waals surface area (Å²) in [6, 6.07) is 8.65. The summed E-state index contributed by atoms with van der Waals surface area (Å²) in [5, 5.41) is 2.81. The second-order valence-electron chi connectivity index (χ2n) is 2.78. The maximum atomic E-state index is 10.3. The zero-order valence-electron chi connectivity index (χ0n) is 7.75. The van der Waals surface area contributed by atoms with Gasteiger partial charge in [0.2, 0.25) is 0 Å². The summed E-state index contributed by atoms with van der Waals surface area (Å²) in [6.07, 6.45) is 3.30.